The lowest BCUT2D eigenvalue weighted by Gasteiger charge is -2.04. The molecule has 1 aromatic carbocycles. The fraction of sp³-hybridized carbons (Fsp3) is 0.286. The van der Waals surface area contributed by atoms with Crippen LogP contribution in [0.3, 0.4) is 0 Å². The lowest BCUT2D eigenvalue weighted by molar-refractivity contribution is 0.209. The van der Waals surface area contributed by atoms with Crippen molar-refractivity contribution < 1.29 is 14.4 Å². The molecule has 2 rings (SSSR count). The Bertz CT molecular complexity index is 590. The Balaban J connectivity index is 2.25. The number of carboxylic acid groups (broad SMARTS) is 1. The van der Waals surface area contributed by atoms with E-state index >= 15 is 0 Å². The molecule has 0 radical (unpaired) electrons. The second kappa shape index (κ2) is 6.21. The second-order valence-electron chi connectivity index (χ2n) is 4.38. The van der Waals surface area contributed by atoms with Gasteiger partial charge in [-0.05, 0) is 19.0 Å². The fourth-order valence-corrected chi connectivity index (χ4v) is 1.86. The molecule has 0 fully saturated rings. The molecule has 0 aliphatic heterocycles. The van der Waals surface area contributed by atoms with Crippen molar-refractivity contribution in [3.8, 4) is 11.3 Å². The van der Waals surface area contributed by atoms with Crippen LogP contribution in [0.4, 0.5) is 10.5 Å². The van der Waals surface area contributed by atoms with Crippen molar-refractivity contribution in [2.24, 2.45) is 0 Å². The Morgan fingerprint density at radius 2 is 2.05 bits per heavy atom. The summed E-state index contributed by atoms with van der Waals surface area (Å²) in [4.78, 5) is 10.8. The van der Waals surface area contributed by atoms with Crippen LogP contribution >= 0.6 is 0 Å². The number of nitrogens with zero attached hydrogens (tertiary/aromatic N) is 1. The summed E-state index contributed by atoms with van der Waals surface area (Å²) in [5.74, 6) is 0.430. The van der Waals surface area contributed by atoms with Crippen molar-refractivity contribution >= 4 is 11.8 Å². The number of aryl methyl sites for hydroxylation is 1. The van der Waals surface area contributed by atoms with Crippen LogP contribution in [0.5, 0.6) is 0 Å². The summed E-state index contributed by atoms with van der Waals surface area (Å²) in [6.07, 6.45) is -1.14. The van der Waals surface area contributed by atoms with Gasteiger partial charge >= 0.3 is 6.09 Å². The summed E-state index contributed by atoms with van der Waals surface area (Å²) in [7, 11) is 0. The van der Waals surface area contributed by atoms with Crippen molar-refractivity contribution in [3.05, 3.63) is 35.5 Å². The smallest absolute Gasteiger partial charge is 0.409 e. The Hall–Kier alpha value is -2.34. The highest BCUT2D eigenvalue weighted by Gasteiger charge is 2.16. The van der Waals surface area contributed by atoms with Gasteiger partial charge in [0.05, 0.1) is 0 Å². The molecule has 2 aromatic rings. The third-order valence-electron chi connectivity index (χ3n) is 2.89. The van der Waals surface area contributed by atoms with Gasteiger partial charge in [0.1, 0.15) is 11.4 Å². The van der Waals surface area contributed by atoms with Crippen LogP contribution < -0.4 is 10.6 Å². The van der Waals surface area contributed by atoms with Crippen molar-refractivity contribution in [3.63, 3.8) is 0 Å². The van der Waals surface area contributed by atoms with Crippen LogP contribution in [-0.4, -0.2) is 22.9 Å². The molecule has 1 heterocycles. The highest BCUT2D eigenvalue weighted by Crippen LogP contribution is 2.30. The molecule has 0 atom stereocenters. The predicted octanol–water partition coefficient (Wildman–Crippen LogP) is 2.85. The molecule has 0 saturated heterocycles. The van der Waals surface area contributed by atoms with E-state index in [-0.39, 0.29) is 0 Å². The molecule has 0 unspecified atom stereocenters. The summed E-state index contributed by atoms with van der Waals surface area (Å²) >= 11 is 0. The van der Waals surface area contributed by atoms with E-state index in [1.54, 1.807) is 6.92 Å². The van der Waals surface area contributed by atoms with Gasteiger partial charge in [0.25, 0.3) is 0 Å². The second-order valence-corrected chi connectivity index (χ2v) is 4.38. The van der Waals surface area contributed by atoms with E-state index in [0.29, 0.717) is 17.1 Å². The van der Waals surface area contributed by atoms with Crippen LogP contribution in [0.15, 0.2) is 28.8 Å². The lowest BCUT2D eigenvalue weighted by Crippen LogP contribution is -2.11. The van der Waals surface area contributed by atoms with Gasteiger partial charge in [-0.15, -0.1) is 0 Å². The quantitative estimate of drug-likeness (QED) is 0.781. The first kappa shape index (κ1) is 14.1. The lowest BCUT2D eigenvalue weighted by atomic mass is 10.1. The van der Waals surface area contributed by atoms with Gasteiger partial charge in [-0.1, -0.05) is 36.3 Å². The van der Waals surface area contributed by atoms with Gasteiger partial charge in [0, 0.05) is 12.1 Å². The van der Waals surface area contributed by atoms with Crippen molar-refractivity contribution in [2.45, 2.75) is 20.4 Å². The van der Waals surface area contributed by atoms with E-state index in [0.717, 1.165) is 24.2 Å². The van der Waals surface area contributed by atoms with E-state index in [1.165, 1.54) is 0 Å². The van der Waals surface area contributed by atoms with Crippen LogP contribution in [-0.2, 0) is 6.54 Å². The Kier molecular flexibility index (Phi) is 4.37. The zero-order valence-corrected chi connectivity index (χ0v) is 11.4. The zero-order chi connectivity index (χ0) is 14.5. The van der Waals surface area contributed by atoms with Crippen molar-refractivity contribution in [1.82, 2.24) is 10.5 Å². The van der Waals surface area contributed by atoms with E-state index in [9.17, 15) is 4.79 Å². The maximum Gasteiger partial charge on any atom is 0.409 e. The summed E-state index contributed by atoms with van der Waals surface area (Å²) in [6.45, 7) is 5.45. The highest BCUT2D eigenvalue weighted by molar-refractivity contribution is 5.89. The average Bonchev–Trinajstić information content (AvgIpc) is 2.78. The van der Waals surface area contributed by atoms with Gasteiger partial charge in [-0.3, -0.25) is 5.32 Å². The maximum absolute atomic E-state index is 10.8. The van der Waals surface area contributed by atoms with Crippen molar-refractivity contribution in [2.75, 3.05) is 11.9 Å². The Morgan fingerprint density at radius 1 is 1.35 bits per heavy atom. The molecule has 0 bridgehead atoms. The van der Waals surface area contributed by atoms with Gasteiger partial charge in [-0.2, -0.15) is 0 Å². The van der Waals surface area contributed by atoms with E-state index in [2.05, 4.69) is 22.7 Å². The number of rotatable bonds is 5. The number of hydrogen-bond acceptors (Lipinski definition) is 4. The standard InChI is InChI=1S/C14H17N3O3/c1-3-15-8-10-4-6-11(7-5-10)13-12(16-14(18)19)9(2)17-20-13/h4-7,15-16H,3,8H2,1-2H3,(H,18,19). The number of carbonyl (C=O) groups is 1. The summed E-state index contributed by atoms with van der Waals surface area (Å²) in [5, 5.41) is 18.2. The van der Waals surface area contributed by atoms with E-state index in [1.807, 2.05) is 24.3 Å². The molecule has 3 N–H and O–H groups in total. The number of aromatic nitrogens is 1. The molecule has 106 valence electrons. The van der Waals surface area contributed by atoms with Crippen LogP contribution in [0.25, 0.3) is 11.3 Å². The molecule has 0 aliphatic rings. The van der Waals surface area contributed by atoms with Crippen LogP contribution in [0.2, 0.25) is 0 Å². The summed E-state index contributed by atoms with van der Waals surface area (Å²) in [6, 6.07) is 7.72. The van der Waals surface area contributed by atoms with E-state index < -0.39 is 6.09 Å². The topological polar surface area (TPSA) is 87.4 Å². The SMILES string of the molecule is CCNCc1ccc(-c2onc(C)c2NC(=O)O)cc1. The highest BCUT2D eigenvalue weighted by atomic mass is 16.5. The zero-order valence-electron chi connectivity index (χ0n) is 11.4. The van der Waals surface area contributed by atoms with Gasteiger partial charge in [0.15, 0.2) is 5.76 Å². The molecule has 6 heteroatoms. The molecule has 6 nitrogen and oxygen atoms in total. The molecule has 1 amide bonds. The van der Waals surface area contributed by atoms with Crippen LogP contribution in [0, 0.1) is 6.92 Å². The maximum atomic E-state index is 10.8. The molecular formula is C14H17N3O3. The van der Waals surface area contributed by atoms with Crippen molar-refractivity contribution in [1.29, 1.82) is 0 Å². The Labute approximate surface area is 116 Å². The van der Waals surface area contributed by atoms with E-state index in [4.69, 9.17) is 9.63 Å². The minimum Gasteiger partial charge on any atom is -0.465 e. The average molecular weight is 275 g/mol. The molecule has 0 aliphatic carbocycles. The first-order chi connectivity index (χ1) is 9.61. The fourth-order valence-electron chi connectivity index (χ4n) is 1.86. The summed E-state index contributed by atoms with van der Waals surface area (Å²) < 4.78 is 5.21. The summed E-state index contributed by atoms with van der Waals surface area (Å²) in [5.41, 5.74) is 2.84. The third-order valence-corrected chi connectivity index (χ3v) is 2.89. The number of benzene rings is 1. The first-order valence-electron chi connectivity index (χ1n) is 6.38. The van der Waals surface area contributed by atoms with Gasteiger partial charge in [-0.25, -0.2) is 4.79 Å². The minimum atomic E-state index is -1.14. The largest absolute Gasteiger partial charge is 0.465 e. The van der Waals surface area contributed by atoms with Gasteiger partial charge < -0.3 is 14.9 Å². The number of amides is 1. The molecule has 0 spiro atoms. The molecule has 0 saturated carbocycles. The predicted molar refractivity (Wildman–Crippen MR) is 75.7 cm³/mol. The third kappa shape index (κ3) is 3.16. The van der Waals surface area contributed by atoms with Gasteiger partial charge in [0.2, 0.25) is 0 Å². The van der Waals surface area contributed by atoms with Crippen LogP contribution in [0.1, 0.15) is 18.2 Å². The first-order valence-corrected chi connectivity index (χ1v) is 6.38. The number of hydrogen-bond donors (Lipinski definition) is 3. The molecule has 20 heavy (non-hydrogen) atoms. The normalized spacial score (nSPS) is 10.5. The Morgan fingerprint density at radius 3 is 2.65 bits per heavy atom. The monoisotopic (exact) mass is 275 g/mol. The molecule has 1 aromatic heterocycles. The minimum absolute atomic E-state index is 0.386. The molecular weight excluding hydrogens is 258 g/mol. The number of nitrogens with one attached hydrogen (secondary N) is 2. The number of anilines is 1.